The maximum absolute atomic E-state index is 11.8. The highest BCUT2D eigenvalue weighted by atomic mass is 16.1. The normalized spacial score (nSPS) is 10.1. The first-order chi connectivity index (χ1) is 9.79. The van der Waals surface area contributed by atoms with Crippen molar-refractivity contribution >= 4 is 11.7 Å². The summed E-state index contributed by atoms with van der Waals surface area (Å²) in [5, 5.41) is 2.81. The van der Waals surface area contributed by atoms with E-state index in [4.69, 9.17) is 5.84 Å². The zero-order valence-corrected chi connectivity index (χ0v) is 11.0. The highest BCUT2D eigenvalue weighted by Crippen LogP contribution is 2.02. The lowest BCUT2D eigenvalue weighted by Crippen LogP contribution is -2.26. The lowest BCUT2D eigenvalue weighted by molar-refractivity contribution is 0.0948. The molecule has 2 rings (SSSR count). The Hall–Kier alpha value is -2.47. The molecular weight excluding hydrogens is 254 g/mol. The summed E-state index contributed by atoms with van der Waals surface area (Å²) in [6.45, 7) is 0.603. The number of benzene rings is 1. The fraction of sp³-hybridized carbons (Fsp3) is 0.214. The van der Waals surface area contributed by atoms with E-state index in [1.807, 2.05) is 18.2 Å². The van der Waals surface area contributed by atoms with Gasteiger partial charge >= 0.3 is 0 Å². The Bertz CT molecular complexity index is 541. The van der Waals surface area contributed by atoms with Crippen LogP contribution in [-0.4, -0.2) is 22.4 Å². The second kappa shape index (κ2) is 7.20. The van der Waals surface area contributed by atoms with E-state index in [9.17, 15) is 4.79 Å². The van der Waals surface area contributed by atoms with Crippen LogP contribution in [0.3, 0.4) is 0 Å². The summed E-state index contributed by atoms with van der Waals surface area (Å²) in [5.41, 5.74) is 3.90. The van der Waals surface area contributed by atoms with Crippen molar-refractivity contribution in [2.75, 3.05) is 12.0 Å². The molecule has 2 aromatic rings. The maximum Gasteiger partial charge on any atom is 0.271 e. The molecule has 0 aliphatic rings. The molecule has 0 aliphatic heterocycles. The number of carbonyl (C=O) groups excluding carboxylic acids is 1. The molecular formula is C14H17N5O. The third-order valence-corrected chi connectivity index (χ3v) is 2.80. The van der Waals surface area contributed by atoms with Gasteiger partial charge in [-0.3, -0.25) is 4.79 Å². The Balaban J connectivity index is 1.74. The Morgan fingerprint density at radius 1 is 1.15 bits per heavy atom. The first-order valence-electron chi connectivity index (χ1n) is 6.40. The Kier molecular flexibility index (Phi) is 5.02. The molecule has 6 heteroatoms. The molecule has 0 atom stereocenters. The van der Waals surface area contributed by atoms with Crippen LogP contribution < -0.4 is 16.6 Å². The molecule has 0 saturated carbocycles. The van der Waals surface area contributed by atoms with Crippen molar-refractivity contribution in [1.82, 2.24) is 15.3 Å². The highest BCUT2D eigenvalue weighted by Gasteiger charge is 2.06. The molecule has 6 nitrogen and oxygen atoms in total. The smallest absolute Gasteiger partial charge is 0.271 e. The van der Waals surface area contributed by atoms with E-state index in [-0.39, 0.29) is 11.6 Å². The number of aromatic nitrogens is 2. The van der Waals surface area contributed by atoms with Gasteiger partial charge in [-0.25, -0.2) is 15.8 Å². The minimum atomic E-state index is -0.228. The average Bonchev–Trinajstić information content (AvgIpc) is 2.52. The molecule has 20 heavy (non-hydrogen) atoms. The number of hydrogen-bond acceptors (Lipinski definition) is 5. The number of carbonyl (C=O) groups is 1. The summed E-state index contributed by atoms with van der Waals surface area (Å²) >= 11 is 0. The van der Waals surface area contributed by atoms with Gasteiger partial charge in [-0.1, -0.05) is 30.3 Å². The van der Waals surface area contributed by atoms with Gasteiger partial charge in [-0.05, 0) is 18.4 Å². The molecule has 1 aromatic heterocycles. The first-order valence-corrected chi connectivity index (χ1v) is 6.40. The van der Waals surface area contributed by atoms with Crippen LogP contribution in [0.15, 0.2) is 42.7 Å². The number of rotatable bonds is 6. The maximum atomic E-state index is 11.8. The number of hydrazine groups is 1. The number of aryl methyl sites for hydroxylation is 1. The molecule has 4 N–H and O–H groups in total. The first kappa shape index (κ1) is 14.0. The van der Waals surface area contributed by atoms with Crippen molar-refractivity contribution < 1.29 is 4.79 Å². The number of nitrogen functional groups attached to an aromatic ring is 1. The van der Waals surface area contributed by atoms with E-state index in [1.54, 1.807) is 0 Å². The molecule has 0 fully saturated rings. The zero-order valence-electron chi connectivity index (χ0n) is 11.0. The highest BCUT2D eigenvalue weighted by molar-refractivity contribution is 5.91. The van der Waals surface area contributed by atoms with Crippen LogP contribution in [0.2, 0.25) is 0 Å². The van der Waals surface area contributed by atoms with E-state index in [0.29, 0.717) is 12.4 Å². The Morgan fingerprint density at radius 3 is 2.60 bits per heavy atom. The standard InChI is InChI=1S/C14H17N5O/c15-19-13-10-17-12(9-18-13)14(20)16-8-4-7-11-5-2-1-3-6-11/h1-3,5-6,9-10H,4,7-8,15H2,(H,16,20)(H,18,19). The van der Waals surface area contributed by atoms with E-state index >= 15 is 0 Å². The number of hydrogen-bond donors (Lipinski definition) is 3. The Morgan fingerprint density at radius 2 is 1.95 bits per heavy atom. The van der Waals surface area contributed by atoms with Crippen LogP contribution in [0.25, 0.3) is 0 Å². The monoisotopic (exact) mass is 271 g/mol. The third kappa shape index (κ3) is 4.03. The predicted octanol–water partition coefficient (Wildman–Crippen LogP) is 1.12. The fourth-order valence-electron chi connectivity index (χ4n) is 1.75. The van der Waals surface area contributed by atoms with Gasteiger partial charge < -0.3 is 10.7 Å². The van der Waals surface area contributed by atoms with E-state index in [0.717, 1.165) is 12.8 Å². The van der Waals surface area contributed by atoms with Gasteiger partial charge in [0.05, 0.1) is 12.4 Å². The van der Waals surface area contributed by atoms with E-state index in [2.05, 4.69) is 32.8 Å². The summed E-state index contributed by atoms with van der Waals surface area (Å²) in [7, 11) is 0. The molecule has 0 aliphatic carbocycles. The van der Waals surface area contributed by atoms with E-state index < -0.39 is 0 Å². The number of nitrogens with two attached hydrogens (primary N) is 1. The topological polar surface area (TPSA) is 92.9 Å². The van der Waals surface area contributed by atoms with Crippen molar-refractivity contribution in [1.29, 1.82) is 0 Å². The molecule has 0 saturated heterocycles. The van der Waals surface area contributed by atoms with Gasteiger partial charge in [-0.2, -0.15) is 0 Å². The van der Waals surface area contributed by atoms with Gasteiger partial charge in [0.25, 0.3) is 5.91 Å². The molecule has 1 amide bonds. The second-order valence-corrected chi connectivity index (χ2v) is 4.28. The van der Waals surface area contributed by atoms with Crippen LogP contribution in [-0.2, 0) is 6.42 Å². The minimum Gasteiger partial charge on any atom is -0.351 e. The summed E-state index contributed by atoms with van der Waals surface area (Å²) in [4.78, 5) is 19.7. The SMILES string of the molecule is NNc1cnc(C(=O)NCCCc2ccccc2)cn1. The Labute approximate surface area is 117 Å². The van der Waals surface area contributed by atoms with Crippen molar-refractivity contribution in [2.45, 2.75) is 12.8 Å². The van der Waals surface area contributed by atoms with Gasteiger partial charge in [0, 0.05) is 6.54 Å². The number of anilines is 1. The molecule has 1 heterocycles. The minimum absolute atomic E-state index is 0.228. The molecule has 1 aromatic carbocycles. The van der Waals surface area contributed by atoms with Crippen LogP contribution in [0, 0.1) is 0 Å². The fourth-order valence-corrected chi connectivity index (χ4v) is 1.75. The van der Waals surface area contributed by atoms with Gasteiger partial charge in [0.1, 0.15) is 5.69 Å². The van der Waals surface area contributed by atoms with Crippen LogP contribution in [0.1, 0.15) is 22.5 Å². The lowest BCUT2D eigenvalue weighted by Gasteiger charge is -2.05. The molecule has 0 unspecified atom stereocenters. The zero-order chi connectivity index (χ0) is 14.2. The van der Waals surface area contributed by atoms with Crippen LogP contribution >= 0.6 is 0 Å². The summed E-state index contributed by atoms with van der Waals surface area (Å²) in [6, 6.07) is 10.2. The largest absolute Gasteiger partial charge is 0.351 e. The number of nitrogens with zero attached hydrogens (tertiary/aromatic N) is 2. The van der Waals surface area contributed by atoms with Crippen molar-refractivity contribution in [2.24, 2.45) is 5.84 Å². The summed E-state index contributed by atoms with van der Waals surface area (Å²) < 4.78 is 0. The van der Waals surface area contributed by atoms with Gasteiger partial charge in [0.2, 0.25) is 0 Å². The van der Waals surface area contributed by atoms with Crippen molar-refractivity contribution in [3.63, 3.8) is 0 Å². The quantitative estimate of drug-likeness (QED) is 0.416. The summed E-state index contributed by atoms with van der Waals surface area (Å²) in [5.74, 6) is 5.37. The second-order valence-electron chi connectivity index (χ2n) is 4.28. The van der Waals surface area contributed by atoms with Crippen molar-refractivity contribution in [3.05, 3.63) is 54.0 Å². The van der Waals surface area contributed by atoms with Gasteiger partial charge in [0.15, 0.2) is 5.82 Å². The number of nitrogens with one attached hydrogen (secondary N) is 2. The molecule has 0 bridgehead atoms. The average molecular weight is 271 g/mol. The number of amides is 1. The molecule has 104 valence electrons. The van der Waals surface area contributed by atoms with Gasteiger partial charge in [-0.15, -0.1) is 0 Å². The molecule has 0 radical (unpaired) electrons. The van der Waals surface area contributed by atoms with E-state index in [1.165, 1.54) is 18.0 Å². The van der Waals surface area contributed by atoms with Crippen molar-refractivity contribution in [3.8, 4) is 0 Å². The van der Waals surface area contributed by atoms with Crippen LogP contribution in [0.5, 0.6) is 0 Å². The third-order valence-electron chi connectivity index (χ3n) is 2.80. The van der Waals surface area contributed by atoms with Crippen LogP contribution in [0.4, 0.5) is 5.82 Å². The summed E-state index contributed by atoms with van der Waals surface area (Å²) in [6.07, 6.45) is 4.62. The lowest BCUT2D eigenvalue weighted by atomic mass is 10.1. The predicted molar refractivity (Wildman–Crippen MR) is 76.9 cm³/mol. The molecule has 0 spiro atoms.